The molecule has 14 heteroatoms. The summed E-state index contributed by atoms with van der Waals surface area (Å²) >= 11 is 0. The third kappa shape index (κ3) is 4.34. The van der Waals surface area contributed by atoms with Crippen LogP contribution in [0.25, 0.3) is 0 Å². The van der Waals surface area contributed by atoms with Crippen LogP contribution in [-0.2, 0) is 26.1 Å². The van der Waals surface area contributed by atoms with Gasteiger partial charge in [0.2, 0.25) is 0 Å². The topological polar surface area (TPSA) is 97.7 Å². The number of phenols is 1. The standard InChI is InChI=1S/C12H12F6O6S2/c1-2-24-9-5-7(3-4-8(9)19)6-10(25(20,21)11(13,14)15)26(22,23)12(16,17)18/h3-5,10,19H,2,6H2,1H3. The fourth-order valence-corrected chi connectivity index (χ4v) is 5.24. The van der Waals surface area contributed by atoms with Gasteiger partial charge in [-0.3, -0.25) is 0 Å². The highest BCUT2D eigenvalue weighted by Gasteiger charge is 2.62. The van der Waals surface area contributed by atoms with Crippen LogP contribution in [-0.4, -0.2) is 44.1 Å². The molecule has 0 aromatic heterocycles. The number of hydrogen-bond acceptors (Lipinski definition) is 6. The van der Waals surface area contributed by atoms with Crippen molar-refractivity contribution in [2.75, 3.05) is 6.61 Å². The second-order valence-corrected chi connectivity index (χ2v) is 9.39. The lowest BCUT2D eigenvalue weighted by molar-refractivity contribution is -0.0471. The van der Waals surface area contributed by atoms with Crippen molar-refractivity contribution in [1.82, 2.24) is 0 Å². The summed E-state index contributed by atoms with van der Waals surface area (Å²) < 4.78 is 123. The summed E-state index contributed by atoms with van der Waals surface area (Å²) in [5.74, 6) is -0.887. The zero-order chi connectivity index (χ0) is 20.6. The number of halogens is 6. The van der Waals surface area contributed by atoms with Crippen molar-refractivity contribution >= 4 is 19.7 Å². The van der Waals surface area contributed by atoms with E-state index in [4.69, 9.17) is 4.74 Å². The fourth-order valence-electron chi connectivity index (χ4n) is 1.83. The van der Waals surface area contributed by atoms with E-state index in [-0.39, 0.29) is 12.4 Å². The summed E-state index contributed by atoms with van der Waals surface area (Å²) in [6.45, 7) is 1.42. The Morgan fingerprint density at radius 1 is 1.00 bits per heavy atom. The molecule has 0 unspecified atom stereocenters. The largest absolute Gasteiger partial charge is 0.504 e. The summed E-state index contributed by atoms with van der Waals surface area (Å²) in [6.07, 6.45) is -1.65. The van der Waals surface area contributed by atoms with E-state index >= 15 is 0 Å². The Labute approximate surface area is 144 Å². The first kappa shape index (κ1) is 22.3. The van der Waals surface area contributed by atoms with E-state index in [2.05, 4.69) is 0 Å². The molecule has 0 amide bonds. The molecule has 0 aliphatic rings. The van der Waals surface area contributed by atoms with Crippen molar-refractivity contribution < 1.29 is 53.0 Å². The number of sulfone groups is 2. The lowest BCUT2D eigenvalue weighted by Gasteiger charge is -2.21. The summed E-state index contributed by atoms with van der Waals surface area (Å²) in [5, 5.41) is 9.46. The van der Waals surface area contributed by atoms with Crippen LogP contribution in [0.1, 0.15) is 12.5 Å². The lowest BCUT2D eigenvalue weighted by Crippen LogP contribution is -2.46. The SMILES string of the molecule is CCOc1cc(CC(S(=O)(=O)C(F)(F)F)S(=O)(=O)C(F)(F)F)ccc1O. The summed E-state index contributed by atoms with van der Waals surface area (Å²) in [6, 6.07) is 2.35. The van der Waals surface area contributed by atoms with Gasteiger partial charge in [-0.15, -0.1) is 0 Å². The zero-order valence-corrected chi connectivity index (χ0v) is 14.4. The highest BCUT2D eigenvalue weighted by Crippen LogP contribution is 2.38. The first-order chi connectivity index (χ1) is 11.6. The lowest BCUT2D eigenvalue weighted by atomic mass is 10.1. The van der Waals surface area contributed by atoms with Crippen molar-refractivity contribution in [1.29, 1.82) is 0 Å². The van der Waals surface area contributed by atoms with Gasteiger partial charge in [0, 0.05) is 6.42 Å². The van der Waals surface area contributed by atoms with Gasteiger partial charge in [-0.2, -0.15) is 26.3 Å². The molecule has 0 radical (unpaired) electrons. The molecule has 6 nitrogen and oxygen atoms in total. The molecule has 0 heterocycles. The Morgan fingerprint density at radius 2 is 1.46 bits per heavy atom. The monoisotopic (exact) mass is 430 g/mol. The molecule has 1 N–H and O–H groups in total. The molecular formula is C12H12F6O6S2. The molecule has 0 saturated heterocycles. The van der Waals surface area contributed by atoms with Crippen molar-refractivity contribution in [2.24, 2.45) is 0 Å². The van der Waals surface area contributed by atoms with Gasteiger partial charge >= 0.3 is 11.0 Å². The van der Waals surface area contributed by atoms with Crippen LogP contribution in [0, 0.1) is 0 Å². The van der Waals surface area contributed by atoms with Gasteiger partial charge in [-0.25, -0.2) is 16.8 Å². The van der Waals surface area contributed by atoms with Crippen LogP contribution in [0.4, 0.5) is 26.3 Å². The number of ether oxygens (including phenoxy) is 1. The van der Waals surface area contributed by atoms with E-state index in [9.17, 15) is 48.3 Å². The van der Waals surface area contributed by atoms with E-state index < -0.39 is 53.0 Å². The number of hydrogen-bond donors (Lipinski definition) is 1. The van der Waals surface area contributed by atoms with E-state index in [1.165, 1.54) is 6.92 Å². The smallest absolute Gasteiger partial charge is 0.498 e. The fraction of sp³-hybridized carbons (Fsp3) is 0.500. The first-order valence-corrected chi connectivity index (χ1v) is 9.70. The predicted molar refractivity (Wildman–Crippen MR) is 76.7 cm³/mol. The van der Waals surface area contributed by atoms with Crippen LogP contribution in [0.15, 0.2) is 18.2 Å². The van der Waals surface area contributed by atoms with Crippen LogP contribution in [0.2, 0.25) is 0 Å². The van der Waals surface area contributed by atoms with E-state index in [0.717, 1.165) is 18.2 Å². The summed E-state index contributed by atoms with van der Waals surface area (Å²) in [5.41, 5.74) is -13.0. The quantitative estimate of drug-likeness (QED) is 0.697. The molecule has 0 aliphatic carbocycles. The first-order valence-electron chi connectivity index (χ1n) is 6.60. The molecule has 0 saturated carbocycles. The van der Waals surface area contributed by atoms with Crippen molar-refractivity contribution in [3.8, 4) is 11.5 Å². The van der Waals surface area contributed by atoms with Gasteiger partial charge in [0.05, 0.1) is 6.61 Å². The van der Waals surface area contributed by atoms with Crippen LogP contribution in [0.3, 0.4) is 0 Å². The molecule has 1 aromatic carbocycles. The second-order valence-electron chi connectivity index (χ2n) is 4.85. The van der Waals surface area contributed by atoms with Gasteiger partial charge in [0.15, 0.2) is 16.1 Å². The van der Waals surface area contributed by atoms with Gasteiger partial charge in [-0.1, -0.05) is 6.07 Å². The van der Waals surface area contributed by atoms with Gasteiger partial charge in [-0.05, 0) is 24.6 Å². The average Bonchev–Trinajstić information content (AvgIpc) is 2.45. The third-order valence-corrected chi connectivity index (χ3v) is 7.59. The summed E-state index contributed by atoms with van der Waals surface area (Å²) in [7, 11) is -13.4. The molecule has 0 atom stereocenters. The number of phenolic OH excluding ortho intramolecular Hbond substituents is 1. The van der Waals surface area contributed by atoms with E-state index in [1.807, 2.05) is 0 Å². The predicted octanol–water partition coefficient (Wildman–Crippen LogP) is 2.53. The highest BCUT2D eigenvalue weighted by atomic mass is 32.3. The average molecular weight is 430 g/mol. The Hall–Kier alpha value is -1.70. The minimum atomic E-state index is -6.72. The molecule has 0 spiro atoms. The van der Waals surface area contributed by atoms with Crippen molar-refractivity contribution in [3.05, 3.63) is 23.8 Å². The number of rotatable bonds is 6. The van der Waals surface area contributed by atoms with Gasteiger partial charge in [0.25, 0.3) is 19.7 Å². The maximum absolute atomic E-state index is 12.7. The van der Waals surface area contributed by atoms with Gasteiger partial charge < -0.3 is 9.84 Å². The third-order valence-electron chi connectivity index (χ3n) is 3.06. The van der Waals surface area contributed by atoms with E-state index in [1.54, 1.807) is 0 Å². The molecule has 1 aromatic rings. The summed E-state index contributed by atoms with van der Waals surface area (Å²) in [4.78, 5) is 0. The molecule has 150 valence electrons. The van der Waals surface area contributed by atoms with Crippen molar-refractivity contribution in [3.63, 3.8) is 0 Å². The maximum atomic E-state index is 12.7. The molecule has 26 heavy (non-hydrogen) atoms. The van der Waals surface area contributed by atoms with E-state index in [0.29, 0.717) is 0 Å². The Morgan fingerprint density at radius 3 is 1.85 bits per heavy atom. The minimum Gasteiger partial charge on any atom is -0.504 e. The van der Waals surface area contributed by atoms with Gasteiger partial charge in [0.1, 0.15) is 0 Å². The Kier molecular flexibility index (Phi) is 6.13. The molecule has 0 bridgehead atoms. The maximum Gasteiger partial charge on any atom is 0.498 e. The normalized spacial score (nSPS) is 13.8. The Bertz CT molecular complexity index is 813. The molecule has 1 rings (SSSR count). The highest BCUT2D eigenvalue weighted by molar-refractivity contribution is 8.09. The van der Waals surface area contributed by atoms with Crippen LogP contribution < -0.4 is 4.74 Å². The van der Waals surface area contributed by atoms with Crippen LogP contribution in [0.5, 0.6) is 11.5 Å². The second kappa shape index (κ2) is 7.13. The zero-order valence-electron chi connectivity index (χ0n) is 12.8. The molecular weight excluding hydrogens is 418 g/mol. The molecule has 0 fully saturated rings. The number of alkyl halides is 6. The minimum absolute atomic E-state index is 0.0395. The molecule has 0 aliphatic heterocycles. The van der Waals surface area contributed by atoms with Crippen LogP contribution >= 0.6 is 0 Å². The number of benzene rings is 1. The number of aromatic hydroxyl groups is 1. The van der Waals surface area contributed by atoms with Crippen molar-refractivity contribution in [2.45, 2.75) is 28.9 Å². The Balaban J connectivity index is 3.53.